The normalized spacial score (nSPS) is 13.9. The summed E-state index contributed by atoms with van der Waals surface area (Å²) in [4.78, 5) is 48.7. The van der Waals surface area contributed by atoms with E-state index in [0.29, 0.717) is 12.8 Å². The molecule has 0 unspecified atom stereocenters. The van der Waals surface area contributed by atoms with Crippen molar-refractivity contribution in [1.82, 2.24) is 10.6 Å². The third kappa shape index (κ3) is 8.89. The summed E-state index contributed by atoms with van der Waals surface area (Å²) in [5.74, 6) is -1.48. The highest BCUT2D eigenvalue weighted by molar-refractivity contribution is 5.91. The number of carbonyl (C=O) groups excluding carboxylic acids is 4. The van der Waals surface area contributed by atoms with E-state index in [4.69, 9.17) is 4.74 Å². The maximum Gasteiger partial charge on any atom is 0.303 e. The molecule has 160 valence electrons. The first kappa shape index (κ1) is 24.3. The van der Waals surface area contributed by atoms with Crippen LogP contribution in [0.5, 0.6) is 0 Å². The third-order valence-electron chi connectivity index (χ3n) is 4.36. The minimum Gasteiger partial charge on any atom is -0.450 e. The number of ether oxygens (including phenoxy) is 1. The summed E-state index contributed by atoms with van der Waals surface area (Å²) in [6.07, 6.45) is -0.192. The van der Waals surface area contributed by atoms with E-state index in [2.05, 4.69) is 10.6 Å². The highest BCUT2D eigenvalue weighted by Crippen LogP contribution is 2.13. The summed E-state index contributed by atoms with van der Waals surface area (Å²) in [5, 5.41) is 5.44. The Bertz CT molecular complexity index is 702. The van der Waals surface area contributed by atoms with Crippen LogP contribution in [0.25, 0.3) is 0 Å². The highest BCUT2D eigenvalue weighted by Gasteiger charge is 2.34. The van der Waals surface area contributed by atoms with Gasteiger partial charge in [-0.3, -0.25) is 19.2 Å². The Balaban J connectivity index is 3.13. The minimum atomic E-state index is -1.25. The van der Waals surface area contributed by atoms with Crippen molar-refractivity contribution in [3.8, 4) is 0 Å². The summed E-state index contributed by atoms with van der Waals surface area (Å²) in [5.41, 5.74) is 0.875. The third-order valence-corrected chi connectivity index (χ3v) is 4.36. The van der Waals surface area contributed by atoms with Gasteiger partial charge in [-0.05, 0) is 24.3 Å². The Labute approximate surface area is 172 Å². The fourth-order valence-corrected chi connectivity index (χ4v) is 3.10. The van der Waals surface area contributed by atoms with Gasteiger partial charge in [-0.15, -0.1) is 0 Å². The van der Waals surface area contributed by atoms with E-state index in [1.165, 1.54) is 13.8 Å². The molecule has 0 saturated heterocycles. The number of carbonyl (C=O) groups is 4. The van der Waals surface area contributed by atoms with Crippen molar-refractivity contribution in [2.45, 2.75) is 72.1 Å². The SMILES string of the molecule is CCC(=O)[C@H](CC(C)C)NC(=O)[C@@H](OC(C)=O)[C@@H](Cc1ccccc1)NC(C)=O. The molecule has 0 heterocycles. The Morgan fingerprint density at radius 3 is 2.10 bits per heavy atom. The number of rotatable bonds is 11. The molecule has 0 bridgehead atoms. The first-order chi connectivity index (χ1) is 13.6. The number of benzene rings is 1. The average Bonchev–Trinajstić information content (AvgIpc) is 2.64. The first-order valence-electron chi connectivity index (χ1n) is 9.95. The number of Topliss-reactive ketones (excluding diaryl/α,β-unsaturated/α-hetero) is 1. The Morgan fingerprint density at radius 2 is 1.62 bits per heavy atom. The van der Waals surface area contributed by atoms with Gasteiger partial charge < -0.3 is 15.4 Å². The maximum atomic E-state index is 13.0. The number of esters is 1. The van der Waals surface area contributed by atoms with Gasteiger partial charge in [0.1, 0.15) is 0 Å². The quantitative estimate of drug-likeness (QED) is 0.551. The van der Waals surface area contributed by atoms with Crippen LogP contribution in [0, 0.1) is 5.92 Å². The van der Waals surface area contributed by atoms with Crippen molar-refractivity contribution >= 4 is 23.6 Å². The van der Waals surface area contributed by atoms with E-state index in [9.17, 15) is 19.2 Å². The van der Waals surface area contributed by atoms with Gasteiger partial charge in [-0.25, -0.2) is 0 Å². The van der Waals surface area contributed by atoms with E-state index < -0.39 is 30.1 Å². The largest absolute Gasteiger partial charge is 0.450 e. The molecule has 0 aromatic heterocycles. The molecule has 1 rings (SSSR count). The molecule has 0 fully saturated rings. The summed E-state index contributed by atoms with van der Waals surface area (Å²) < 4.78 is 5.29. The first-order valence-corrected chi connectivity index (χ1v) is 9.95. The van der Waals surface area contributed by atoms with Gasteiger partial charge >= 0.3 is 5.97 Å². The van der Waals surface area contributed by atoms with Gasteiger partial charge in [0.15, 0.2) is 11.9 Å². The van der Waals surface area contributed by atoms with Crippen LogP contribution in [0.3, 0.4) is 0 Å². The molecule has 0 saturated carbocycles. The van der Waals surface area contributed by atoms with Crippen LogP contribution in [0.15, 0.2) is 30.3 Å². The second-order valence-electron chi connectivity index (χ2n) is 7.54. The minimum absolute atomic E-state index is 0.0900. The van der Waals surface area contributed by atoms with Crippen molar-refractivity contribution in [2.24, 2.45) is 5.92 Å². The zero-order valence-electron chi connectivity index (χ0n) is 17.9. The molecule has 3 atom stereocenters. The predicted molar refractivity (Wildman–Crippen MR) is 110 cm³/mol. The zero-order valence-corrected chi connectivity index (χ0v) is 17.9. The molecule has 0 aliphatic heterocycles. The maximum absolute atomic E-state index is 13.0. The Morgan fingerprint density at radius 1 is 1.00 bits per heavy atom. The van der Waals surface area contributed by atoms with Gasteiger partial charge in [0.2, 0.25) is 5.91 Å². The summed E-state index contributed by atoms with van der Waals surface area (Å²) in [6.45, 7) is 8.20. The number of nitrogens with one attached hydrogen (secondary N) is 2. The Kier molecular flexibility index (Phi) is 10.1. The Hall–Kier alpha value is -2.70. The van der Waals surface area contributed by atoms with Crippen LogP contribution in [-0.2, 0) is 30.3 Å². The molecule has 0 radical (unpaired) electrons. The lowest BCUT2D eigenvalue weighted by Crippen LogP contribution is -2.55. The van der Waals surface area contributed by atoms with Gasteiger partial charge in [0, 0.05) is 20.3 Å². The molecule has 0 spiro atoms. The molecule has 1 aromatic rings. The fourth-order valence-electron chi connectivity index (χ4n) is 3.10. The van der Waals surface area contributed by atoms with E-state index in [-0.39, 0.29) is 24.0 Å². The number of hydrogen-bond donors (Lipinski definition) is 2. The monoisotopic (exact) mass is 404 g/mol. The van der Waals surface area contributed by atoms with Crippen molar-refractivity contribution in [3.63, 3.8) is 0 Å². The van der Waals surface area contributed by atoms with E-state index in [0.717, 1.165) is 5.56 Å². The second kappa shape index (κ2) is 12.0. The zero-order chi connectivity index (χ0) is 22.0. The van der Waals surface area contributed by atoms with Gasteiger partial charge in [-0.1, -0.05) is 51.1 Å². The van der Waals surface area contributed by atoms with Gasteiger partial charge in [-0.2, -0.15) is 0 Å². The van der Waals surface area contributed by atoms with Crippen LogP contribution < -0.4 is 10.6 Å². The summed E-state index contributed by atoms with van der Waals surface area (Å²) in [7, 11) is 0. The van der Waals surface area contributed by atoms with Crippen LogP contribution in [-0.4, -0.2) is 41.8 Å². The number of hydrogen-bond acceptors (Lipinski definition) is 5. The molecule has 29 heavy (non-hydrogen) atoms. The van der Waals surface area contributed by atoms with E-state index in [1.54, 1.807) is 6.92 Å². The molecule has 0 aliphatic rings. The van der Waals surface area contributed by atoms with Crippen LogP contribution >= 0.6 is 0 Å². The number of ketones is 1. The van der Waals surface area contributed by atoms with Crippen molar-refractivity contribution < 1.29 is 23.9 Å². The molecule has 7 heteroatoms. The van der Waals surface area contributed by atoms with Crippen LogP contribution in [0.1, 0.15) is 53.0 Å². The van der Waals surface area contributed by atoms with Gasteiger partial charge in [0.05, 0.1) is 12.1 Å². The number of amides is 2. The lowest BCUT2D eigenvalue weighted by Gasteiger charge is -2.28. The summed E-state index contributed by atoms with van der Waals surface area (Å²) in [6, 6.07) is 7.84. The molecular weight excluding hydrogens is 372 g/mol. The highest BCUT2D eigenvalue weighted by atomic mass is 16.5. The molecule has 1 aromatic carbocycles. The van der Waals surface area contributed by atoms with Crippen LogP contribution in [0.2, 0.25) is 0 Å². The molecular formula is C22H32N2O5. The summed E-state index contributed by atoms with van der Waals surface area (Å²) >= 11 is 0. The van der Waals surface area contributed by atoms with Crippen molar-refractivity contribution in [3.05, 3.63) is 35.9 Å². The molecule has 0 aliphatic carbocycles. The molecule has 2 amide bonds. The van der Waals surface area contributed by atoms with E-state index in [1.807, 2.05) is 44.2 Å². The van der Waals surface area contributed by atoms with E-state index >= 15 is 0 Å². The van der Waals surface area contributed by atoms with Crippen molar-refractivity contribution in [1.29, 1.82) is 0 Å². The molecule has 2 N–H and O–H groups in total. The van der Waals surface area contributed by atoms with Gasteiger partial charge in [0.25, 0.3) is 5.91 Å². The van der Waals surface area contributed by atoms with Crippen molar-refractivity contribution in [2.75, 3.05) is 0 Å². The molecule has 7 nitrogen and oxygen atoms in total. The smallest absolute Gasteiger partial charge is 0.303 e. The predicted octanol–water partition coefficient (Wildman–Crippen LogP) is 2.18. The second-order valence-corrected chi connectivity index (χ2v) is 7.54. The lowest BCUT2D eigenvalue weighted by molar-refractivity contribution is -0.157. The topological polar surface area (TPSA) is 102 Å². The standard InChI is InChI=1S/C22H32N2O5/c1-6-20(27)18(12-14(2)3)24-22(28)21(29-16(5)26)19(23-15(4)25)13-17-10-8-7-9-11-17/h7-11,14,18-19,21H,6,12-13H2,1-5H3,(H,23,25)(H,24,28)/t18-,19+,21-/m0/s1. The fraction of sp³-hybridized carbons (Fsp3) is 0.545. The average molecular weight is 405 g/mol. The van der Waals surface area contributed by atoms with Crippen LogP contribution in [0.4, 0.5) is 0 Å². The lowest BCUT2D eigenvalue weighted by atomic mass is 9.97.